The van der Waals surface area contributed by atoms with Crippen molar-refractivity contribution in [3.63, 3.8) is 0 Å². The second kappa shape index (κ2) is 5.78. The van der Waals surface area contributed by atoms with Gasteiger partial charge < -0.3 is 9.47 Å². The molecule has 0 radical (unpaired) electrons. The van der Waals surface area contributed by atoms with Crippen LogP contribution in [0.5, 0.6) is 5.88 Å². The van der Waals surface area contributed by atoms with E-state index in [0.29, 0.717) is 17.5 Å². The molecule has 2 aromatic rings. The third-order valence-corrected chi connectivity index (χ3v) is 2.99. The number of ether oxygens (including phenoxy) is 2. The van der Waals surface area contributed by atoms with Gasteiger partial charge in [-0.05, 0) is 43.6 Å². The second-order valence-electron chi connectivity index (χ2n) is 3.85. The van der Waals surface area contributed by atoms with E-state index in [-0.39, 0.29) is 6.10 Å². The van der Waals surface area contributed by atoms with E-state index in [1.54, 1.807) is 6.20 Å². The van der Waals surface area contributed by atoms with Crippen LogP contribution in [0.1, 0.15) is 13.8 Å². The van der Waals surface area contributed by atoms with Crippen LogP contribution in [0.3, 0.4) is 0 Å². The fourth-order valence-electron chi connectivity index (χ4n) is 1.66. The van der Waals surface area contributed by atoms with E-state index in [2.05, 4.69) is 4.98 Å². The van der Waals surface area contributed by atoms with Gasteiger partial charge in [0.1, 0.15) is 0 Å². The van der Waals surface area contributed by atoms with Crippen molar-refractivity contribution in [1.29, 1.82) is 0 Å². The summed E-state index contributed by atoms with van der Waals surface area (Å²) in [6.45, 7) is 4.31. The lowest BCUT2D eigenvalue weighted by Gasteiger charge is -2.16. The van der Waals surface area contributed by atoms with Crippen molar-refractivity contribution in [1.82, 2.24) is 4.98 Å². The van der Waals surface area contributed by atoms with Gasteiger partial charge in [0.2, 0.25) is 10.9 Å². The predicted molar refractivity (Wildman–Crippen MR) is 76.1 cm³/mol. The van der Waals surface area contributed by atoms with Gasteiger partial charge in [0, 0.05) is 11.6 Å². The summed E-state index contributed by atoms with van der Waals surface area (Å²) in [5.74, 6) is 0.586. The molecule has 0 amide bonds. The highest BCUT2D eigenvalue weighted by Gasteiger charge is 2.13. The molecule has 0 N–H and O–H groups in total. The minimum absolute atomic E-state index is 0.293. The van der Waals surface area contributed by atoms with Crippen LogP contribution in [0, 0.1) is 0 Å². The fraction of sp³-hybridized carbons (Fsp3) is 0.286. The topological polar surface area (TPSA) is 31.4 Å². The highest BCUT2D eigenvalue weighted by molar-refractivity contribution is 7.80. The van der Waals surface area contributed by atoms with Crippen molar-refractivity contribution in [2.75, 3.05) is 6.61 Å². The molecule has 1 atom stereocenters. The monoisotopic (exact) mass is 261 g/mol. The molecule has 94 valence electrons. The molecule has 4 heteroatoms. The normalized spacial score (nSPS) is 12.1. The molecule has 1 heterocycles. The lowest BCUT2D eigenvalue weighted by Crippen LogP contribution is -2.24. The first-order valence-electron chi connectivity index (χ1n) is 5.89. The Morgan fingerprint density at radius 2 is 2.11 bits per heavy atom. The highest BCUT2D eigenvalue weighted by Crippen LogP contribution is 2.23. The minimum Gasteiger partial charge on any atom is -0.484 e. The lowest BCUT2D eigenvalue weighted by molar-refractivity contribution is 0.226. The zero-order valence-electron chi connectivity index (χ0n) is 10.4. The molecule has 1 aromatic carbocycles. The molecule has 0 aliphatic heterocycles. The van der Waals surface area contributed by atoms with Gasteiger partial charge in [0.05, 0.1) is 6.61 Å². The number of thiocarbonyl (C=S) groups is 1. The molecule has 0 aliphatic rings. The van der Waals surface area contributed by atoms with E-state index in [1.165, 1.54) is 0 Å². The quantitative estimate of drug-likeness (QED) is 0.790. The van der Waals surface area contributed by atoms with Gasteiger partial charge in [-0.3, -0.25) is 0 Å². The first-order valence-corrected chi connectivity index (χ1v) is 6.30. The smallest absolute Gasteiger partial charge is 0.222 e. The average Bonchev–Trinajstić information content (AvgIpc) is 2.39. The number of hydrogen-bond donors (Lipinski definition) is 0. The Morgan fingerprint density at radius 3 is 2.89 bits per heavy atom. The lowest BCUT2D eigenvalue weighted by atomic mass is 10.2. The van der Waals surface area contributed by atoms with Gasteiger partial charge in [-0.2, -0.15) is 0 Å². The van der Waals surface area contributed by atoms with E-state index in [4.69, 9.17) is 21.7 Å². The van der Waals surface area contributed by atoms with Crippen LogP contribution < -0.4 is 4.74 Å². The number of nitrogens with zero attached hydrogens (tertiary/aromatic N) is 1. The molecule has 18 heavy (non-hydrogen) atoms. The van der Waals surface area contributed by atoms with Crippen molar-refractivity contribution in [3.05, 3.63) is 36.5 Å². The highest BCUT2D eigenvalue weighted by atomic mass is 32.1. The first-order chi connectivity index (χ1) is 8.72. The summed E-state index contributed by atoms with van der Waals surface area (Å²) in [5.41, 5.74) is 0. The van der Waals surface area contributed by atoms with E-state index < -0.39 is 0 Å². The van der Waals surface area contributed by atoms with Crippen LogP contribution in [-0.2, 0) is 4.74 Å². The zero-order chi connectivity index (χ0) is 13.0. The van der Waals surface area contributed by atoms with Crippen molar-refractivity contribution >= 4 is 28.0 Å². The van der Waals surface area contributed by atoms with Crippen LogP contribution >= 0.6 is 12.2 Å². The Balaban J connectivity index is 2.24. The Kier molecular flexibility index (Phi) is 4.10. The number of pyridine rings is 1. The first kappa shape index (κ1) is 12.8. The van der Waals surface area contributed by atoms with E-state index >= 15 is 0 Å². The largest absolute Gasteiger partial charge is 0.484 e. The summed E-state index contributed by atoms with van der Waals surface area (Å²) in [4.78, 5) is 4.25. The molecular weight excluding hydrogens is 246 g/mol. The molecule has 0 bridgehead atoms. The van der Waals surface area contributed by atoms with Crippen molar-refractivity contribution < 1.29 is 9.47 Å². The van der Waals surface area contributed by atoms with E-state index in [0.717, 1.165) is 10.8 Å². The number of hydrogen-bond acceptors (Lipinski definition) is 4. The molecular formula is C14H15NO2S. The molecule has 3 nitrogen and oxygen atoms in total. The number of fused-ring (bicyclic) bond motifs is 1. The third-order valence-electron chi connectivity index (χ3n) is 2.54. The standard InChI is InChI=1S/C14H15NO2S/c1-3-16-14(18)10(2)17-13-12-7-5-4-6-11(12)8-9-15-13/h4-10H,3H2,1-2H3. The number of rotatable bonds is 4. The molecule has 0 aliphatic carbocycles. The molecule has 1 unspecified atom stereocenters. The molecule has 2 rings (SSSR count). The summed E-state index contributed by atoms with van der Waals surface area (Å²) in [6.07, 6.45) is 1.44. The van der Waals surface area contributed by atoms with Gasteiger partial charge in [0.25, 0.3) is 0 Å². The Bertz CT molecular complexity index is 551. The Labute approximate surface area is 112 Å². The molecule has 0 fully saturated rings. The molecule has 0 spiro atoms. The minimum atomic E-state index is -0.293. The van der Waals surface area contributed by atoms with Crippen LogP contribution in [0.15, 0.2) is 36.5 Å². The predicted octanol–water partition coefficient (Wildman–Crippen LogP) is 3.37. The maximum Gasteiger partial charge on any atom is 0.222 e. The van der Waals surface area contributed by atoms with Crippen molar-refractivity contribution in [2.45, 2.75) is 20.0 Å². The maximum atomic E-state index is 5.76. The van der Waals surface area contributed by atoms with Gasteiger partial charge in [-0.15, -0.1) is 0 Å². The van der Waals surface area contributed by atoms with Crippen molar-refractivity contribution in [2.24, 2.45) is 0 Å². The van der Waals surface area contributed by atoms with Crippen LogP contribution in [0.2, 0.25) is 0 Å². The average molecular weight is 261 g/mol. The molecule has 1 aromatic heterocycles. The summed E-state index contributed by atoms with van der Waals surface area (Å²) in [5, 5.41) is 2.52. The number of benzene rings is 1. The zero-order valence-corrected chi connectivity index (χ0v) is 11.2. The van der Waals surface area contributed by atoms with Gasteiger partial charge in [-0.1, -0.05) is 18.2 Å². The van der Waals surface area contributed by atoms with E-state index in [9.17, 15) is 0 Å². The molecule has 0 saturated heterocycles. The maximum absolute atomic E-state index is 5.76. The fourth-order valence-corrected chi connectivity index (χ4v) is 1.83. The molecule has 0 saturated carbocycles. The third kappa shape index (κ3) is 2.76. The van der Waals surface area contributed by atoms with Crippen molar-refractivity contribution in [3.8, 4) is 5.88 Å². The van der Waals surface area contributed by atoms with Gasteiger partial charge in [0.15, 0.2) is 6.10 Å². The second-order valence-corrected chi connectivity index (χ2v) is 4.25. The van der Waals surface area contributed by atoms with Crippen LogP contribution in [-0.4, -0.2) is 22.7 Å². The SMILES string of the molecule is CCOC(=S)C(C)Oc1nccc2ccccc12. The van der Waals surface area contributed by atoms with Crippen LogP contribution in [0.25, 0.3) is 10.8 Å². The van der Waals surface area contributed by atoms with E-state index in [1.807, 2.05) is 44.2 Å². The summed E-state index contributed by atoms with van der Waals surface area (Å²) in [6, 6.07) is 9.90. The van der Waals surface area contributed by atoms with Gasteiger partial charge >= 0.3 is 0 Å². The Morgan fingerprint density at radius 1 is 1.33 bits per heavy atom. The summed E-state index contributed by atoms with van der Waals surface area (Å²) >= 11 is 5.12. The van der Waals surface area contributed by atoms with Gasteiger partial charge in [-0.25, -0.2) is 4.98 Å². The summed E-state index contributed by atoms with van der Waals surface area (Å²) in [7, 11) is 0. The number of aromatic nitrogens is 1. The summed E-state index contributed by atoms with van der Waals surface area (Å²) < 4.78 is 11.0. The van der Waals surface area contributed by atoms with Crippen LogP contribution in [0.4, 0.5) is 0 Å². The Hall–Kier alpha value is -1.68.